The molecule has 0 aliphatic carbocycles. The van der Waals surface area contributed by atoms with Gasteiger partial charge in [0.2, 0.25) is 10.0 Å². The number of hydrogen-bond acceptors (Lipinski definition) is 5. The summed E-state index contributed by atoms with van der Waals surface area (Å²) in [5, 5.41) is 2.76. The number of nitrogens with one attached hydrogen (secondary N) is 2. The Morgan fingerprint density at radius 2 is 1.72 bits per heavy atom. The second-order valence-electron chi connectivity index (χ2n) is 6.81. The molecule has 2 aromatic rings. The SMILES string of the molecule is Cc1ccc(C(=O)Nc2ccccc2C(=O)N2CCOCC2)cc1NS(C)(=O)=O. The molecule has 0 radical (unpaired) electrons. The normalized spacial score (nSPS) is 14.3. The summed E-state index contributed by atoms with van der Waals surface area (Å²) in [6, 6.07) is 11.5. The molecule has 0 saturated carbocycles. The van der Waals surface area contributed by atoms with E-state index in [1.165, 1.54) is 6.07 Å². The molecule has 0 bridgehead atoms. The maximum Gasteiger partial charge on any atom is 0.256 e. The van der Waals surface area contributed by atoms with Crippen molar-refractivity contribution in [2.24, 2.45) is 0 Å². The summed E-state index contributed by atoms with van der Waals surface area (Å²) in [4.78, 5) is 27.3. The van der Waals surface area contributed by atoms with E-state index in [0.717, 1.165) is 6.26 Å². The summed E-state index contributed by atoms with van der Waals surface area (Å²) < 4.78 is 30.7. The lowest BCUT2D eigenvalue weighted by Gasteiger charge is -2.27. The van der Waals surface area contributed by atoms with E-state index in [-0.39, 0.29) is 11.5 Å². The Hall–Kier alpha value is -2.91. The van der Waals surface area contributed by atoms with Gasteiger partial charge < -0.3 is 15.0 Å². The van der Waals surface area contributed by atoms with Gasteiger partial charge in [-0.25, -0.2) is 8.42 Å². The molecule has 1 saturated heterocycles. The van der Waals surface area contributed by atoms with Crippen LogP contribution in [-0.2, 0) is 14.8 Å². The van der Waals surface area contributed by atoms with Crippen LogP contribution in [0.15, 0.2) is 42.5 Å². The van der Waals surface area contributed by atoms with Crippen LogP contribution in [0.3, 0.4) is 0 Å². The second-order valence-corrected chi connectivity index (χ2v) is 8.56. The molecular weight excluding hydrogens is 394 g/mol. The molecule has 2 aromatic carbocycles. The van der Waals surface area contributed by atoms with Crippen molar-refractivity contribution >= 4 is 33.2 Å². The molecule has 2 N–H and O–H groups in total. The Balaban J connectivity index is 1.83. The van der Waals surface area contributed by atoms with Crippen molar-refractivity contribution in [3.8, 4) is 0 Å². The minimum absolute atomic E-state index is 0.174. The van der Waals surface area contributed by atoms with E-state index in [1.54, 1.807) is 48.2 Å². The molecule has 9 heteroatoms. The summed E-state index contributed by atoms with van der Waals surface area (Å²) in [6.45, 7) is 3.71. The first-order valence-corrected chi connectivity index (χ1v) is 11.0. The fourth-order valence-electron chi connectivity index (χ4n) is 2.98. The van der Waals surface area contributed by atoms with Gasteiger partial charge in [-0.1, -0.05) is 18.2 Å². The van der Waals surface area contributed by atoms with Crippen LogP contribution in [0.2, 0.25) is 0 Å². The lowest BCUT2D eigenvalue weighted by atomic mass is 10.1. The van der Waals surface area contributed by atoms with Crippen LogP contribution >= 0.6 is 0 Å². The molecule has 154 valence electrons. The first-order valence-electron chi connectivity index (χ1n) is 9.10. The predicted octanol–water partition coefficient (Wildman–Crippen LogP) is 2.09. The van der Waals surface area contributed by atoms with Crippen LogP contribution in [0.1, 0.15) is 26.3 Å². The van der Waals surface area contributed by atoms with Gasteiger partial charge in [-0.2, -0.15) is 0 Å². The molecule has 8 nitrogen and oxygen atoms in total. The molecule has 3 rings (SSSR count). The Morgan fingerprint density at radius 1 is 1.03 bits per heavy atom. The smallest absolute Gasteiger partial charge is 0.256 e. The molecule has 1 aliphatic rings. The standard InChI is InChI=1S/C20H23N3O5S/c1-14-7-8-15(13-18(14)22-29(2,26)27)19(24)21-17-6-4-3-5-16(17)20(25)23-9-11-28-12-10-23/h3-8,13,22H,9-12H2,1-2H3,(H,21,24). The number of rotatable bonds is 5. The molecular formula is C20H23N3O5S. The highest BCUT2D eigenvalue weighted by molar-refractivity contribution is 7.92. The zero-order chi connectivity index (χ0) is 21.0. The van der Waals surface area contributed by atoms with Crippen LogP contribution in [0, 0.1) is 6.92 Å². The van der Waals surface area contributed by atoms with Gasteiger partial charge in [0.1, 0.15) is 0 Å². The predicted molar refractivity (Wildman–Crippen MR) is 111 cm³/mol. The number of ether oxygens (including phenoxy) is 1. The van der Waals surface area contributed by atoms with Crippen molar-refractivity contribution in [3.63, 3.8) is 0 Å². The Kier molecular flexibility index (Phi) is 6.19. The van der Waals surface area contributed by atoms with Gasteiger partial charge in [-0.05, 0) is 36.8 Å². The Labute approximate surface area is 169 Å². The van der Waals surface area contributed by atoms with Crippen LogP contribution < -0.4 is 10.0 Å². The fourth-order valence-corrected chi connectivity index (χ4v) is 3.60. The van der Waals surface area contributed by atoms with E-state index in [0.29, 0.717) is 48.8 Å². The van der Waals surface area contributed by atoms with Crippen molar-refractivity contribution in [1.29, 1.82) is 0 Å². The van der Waals surface area contributed by atoms with E-state index < -0.39 is 15.9 Å². The highest BCUT2D eigenvalue weighted by atomic mass is 32.2. The summed E-state index contributed by atoms with van der Waals surface area (Å²) >= 11 is 0. The number of carbonyl (C=O) groups is 2. The third kappa shape index (κ3) is 5.33. The van der Waals surface area contributed by atoms with Crippen molar-refractivity contribution in [2.45, 2.75) is 6.92 Å². The minimum Gasteiger partial charge on any atom is -0.378 e. The first-order chi connectivity index (χ1) is 13.7. The maximum absolute atomic E-state index is 12.8. The lowest BCUT2D eigenvalue weighted by molar-refractivity contribution is 0.0303. The average Bonchev–Trinajstić information content (AvgIpc) is 2.69. The van der Waals surface area contributed by atoms with Crippen molar-refractivity contribution in [3.05, 3.63) is 59.2 Å². The third-order valence-corrected chi connectivity index (χ3v) is 5.09. The number of benzene rings is 2. The molecule has 0 atom stereocenters. The van der Waals surface area contributed by atoms with Gasteiger partial charge >= 0.3 is 0 Å². The molecule has 1 fully saturated rings. The van der Waals surface area contributed by atoms with Gasteiger partial charge in [0.15, 0.2) is 0 Å². The Morgan fingerprint density at radius 3 is 2.41 bits per heavy atom. The minimum atomic E-state index is -3.47. The van der Waals surface area contributed by atoms with Crippen molar-refractivity contribution < 1.29 is 22.7 Å². The maximum atomic E-state index is 12.8. The number of aryl methyl sites for hydroxylation is 1. The average molecular weight is 417 g/mol. The van der Waals surface area contributed by atoms with E-state index in [9.17, 15) is 18.0 Å². The zero-order valence-corrected chi connectivity index (χ0v) is 17.1. The number of para-hydroxylation sites is 1. The zero-order valence-electron chi connectivity index (χ0n) is 16.3. The Bertz CT molecular complexity index is 1030. The van der Waals surface area contributed by atoms with E-state index >= 15 is 0 Å². The van der Waals surface area contributed by atoms with Crippen LogP contribution in [0.5, 0.6) is 0 Å². The van der Waals surface area contributed by atoms with Crippen LogP contribution in [0.4, 0.5) is 11.4 Å². The number of carbonyl (C=O) groups excluding carboxylic acids is 2. The third-order valence-electron chi connectivity index (χ3n) is 4.50. The number of morpholine rings is 1. The molecule has 1 heterocycles. The largest absolute Gasteiger partial charge is 0.378 e. The number of nitrogens with zero attached hydrogens (tertiary/aromatic N) is 1. The lowest BCUT2D eigenvalue weighted by Crippen LogP contribution is -2.41. The summed E-state index contributed by atoms with van der Waals surface area (Å²) in [5.41, 5.74) is 2.08. The highest BCUT2D eigenvalue weighted by Crippen LogP contribution is 2.22. The molecule has 0 aromatic heterocycles. The molecule has 29 heavy (non-hydrogen) atoms. The van der Waals surface area contributed by atoms with E-state index in [1.807, 2.05) is 0 Å². The van der Waals surface area contributed by atoms with Gasteiger partial charge in [0, 0.05) is 18.7 Å². The second kappa shape index (κ2) is 8.62. The first kappa shape index (κ1) is 20.8. The van der Waals surface area contributed by atoms with Gasteiger partial charge in [0.25, 0.3) is 11.8 Å². The molecule has 0 spiro atoms. The summed E-state index contributed by atoms with van der Waals surface area (Å²) in [6.07, 6.45) is 1.05. The van der Waals surface area contributed by atoms with Crippen molar-refractivity contribution in [1.82, 2.24) is 4.90 Å². The quantitative estimate of drug-likeness (QED) is 0.775. The van der Waals surface area contributed by atoms with Crippen molar-refractivity contribution in [2.75, 3.05) is 42.6 Å². The summed E-state index contributed by atoms with van der Waals surface area (Å²) in [7, 11) is -3.47. The number of anilines is 2. The highest BCUT2D eigenvalue weighted by Gasteiger charge is 2.22. The van der Waals surface area contributed by atoms with Gasteiger partial charge in [-0.15, -0.1) is 0 Å². The van der Waals surface area contributed by atoms with E-state index in [2.05, 4.69) is 10.0 Å². The number of sulfonamides is 1. The van der Waals surface area contributed by atoms with Gasteiger partial charge in [-0.3, -0.25) is 14.3 Å². The molecule has 0 unspecified atom stereocenters. The number of amides is 2. The van der Waals surface area contributed by atoms with E-state index in [4.69, 9.17) is 4.74 Å². The monoisotopic (exact) mass is 417 g/mol. The van der Waals surface area contributed by atoms with Crippen LogP contribution in [0.25, 0.3) is 0 Å². The molecule has 2 amide bonds. The van der Waals surface area contributed by atoms with Crippen LogP contribution in [-0.4, -0.2) is 57.7 Å². The number of hydrogen-bond donors (Lipinski definition) is 2. The molecule has 1 aliphatic heterocycles. The fraction of sp³-hybridized carbons (Fsp3) is 0.300. The van der Waals surface area contributed by atoms with Gasteiger partial charge in [0.05, 0.1) is 36.4 Å². The topological polar surface area (TPSA) is 105 Å². The summed E-state index contributed by atoms with van der Waals surface area (Å²) in [5.74, 6) is -0.615.